The van der Waals surface area contributed by atoms with Crippen LogP contribution in [0.2, 0.25) is 0 Å². The van der Waals surface area contributed by atoms with Gasteiger partial charge in [0.2, 0.25) is 0 Å². The summed E-state index contributed by atoms with van der Waals surface area (Å²) < 4.78 is 13.9. The van der Waals surface area contributed by atoms with E-state index in [0.717, 1.165) is 17.3 Å². The Morgan fingerprint density at radius 1 is 1.00 bits per heavy atom. The molecule has 1 unspecified atom stereocenters. The zero-order valence-electron chi connectivity index (χ0n) is 12.9. The second kappa shape index (κ2) is 6.74. The predicted molar refractivity (Wildman–Crippen MR) is 91.8 cm³/mol. The Labute approximate surface area is 135 Å². The van der Waals surface area contributed by atoms with Crippen LogP contribution in [-0.4, -0.2) is 5.33 Å². The fraction of sp³-hybridized carbons (Fsp3) is 0.368. The van der Waals surface area contributed by atoms with Crippen molar-refractivity contribution in [2.75, 3.05) is 5.33 Å². The molecule has 2 aromatic rings. The van der Waals surface area contributed by atoms with Crippen LogP contribution in [0, 0.1) is 5.82 Å². The molecule has 0 fully saturated rings. The number of rotatable bonds is 4. The Kier molecular flexibility index (Phi) is 5.21. The molecule has 0 spiro atoms. The highest BCUT2D eigenvalue weighted by molar-refractivity contribution is 9.09. The van der Waals surface area contributed by atoms with Gasteiger partial charge in [-0.25, -0.2) is 4.39 Å². The Morgan fingerprint density at radius 3 is 2.14 bits per heavy atom. The molecule has 0 saturated carbocycles. The maximum Gasteiger partial charge on any atom is 0.126 e. The van der Waals surface area contributed by atoms with Crippen molar-refractivity contribution in [3.63, 3.8) is 0 Å². The molecular weight excluding hydrogens is 327 g/mol. The summed E-state index contributed by atoms with van der Waals surface area (Å²) in [4.78, 5) is 0. The topological polar surface area (TPSA) is 0 Å². The second-order valence-electron chi connectivity index (χ2n) is 6.52. The van der Waals surface area contributed by atoms with Gasteiger partial charge in [0.05, 0.1) is 0 Å². The molecular formula is C19H22BrF. The summed E-state index contributed by atoms with van der Waals surface area (Å²) in [5, 5.41) is 0.759. The normalized spacial score (nSPS) is 13.2. The Bertz CT molecular complexity index is 581. The van der Waals surface area contributed by atoms with E-state index in [0.29, 0.717) is 0 Å². The molecule has 0 bridgehead atoms. The van der Waals surface area contributed by atoms with E-state index in [9.17, 15) is 4.39 Å². The quantitative estimate of drug-likeness (QED) is 0.608. The number of alkyl halides is 1. The van der Waals surface area contributed by atoms with Crippen LogP contribution in [0.25, 0.3) is 0 Å². The van der Waals surface area contributed by atoms with Gasteiger partial charge in [-0.3, -0.25) is 0 Å². The minimum absolute atomic E-state index is 0.117. The second-order valence-corrected chi connectivity index (χ2v) is 7.17. The smallest absolute Gasteiger partial charge is 0.126 e. The van der Waals surface area contributed by atoms with Crippen LogP contribution in [0.15, 0.2) is 48.5 Å². The molecule has 2 aromatic carbocycles. The van der Waals surface area contributed by atoms with Crippen molar-refractivity contribution in [1.82, 2.24) is 0 Å². The lowest BCUT2D eigenvalue weighted by Gasteiger charge is -2.20. The fourth-order valence-electron chi connectivity index (χ4n) is 2.48. The van der Waals surface area contributed by atoms with Crippen LogP contribution in [0.1, 0.15) is 43.4 Å². The van der Waals surface area contributed by atoms with Crippen molar-refractivity contribution in [3.05, 3.63) is 71.0 Å². The molecule has 0 nitrogen and oxygen atoms in total. The zero-order chi connectivity index (χ0) is 15.5. The molecule has 21 heavy (non-hydrogen) atoms. The Hall–Kier alpha value is -1.15. The van der Waals surface area contributed by atoms with Gasteiger partial charge in [0.1, 0.15) is 5.82 Å². The molecule has 0 saturated heterocycles. The maximum atomic E-state index is 13.9. The highest BCUT2D eigenvalue weighted by Gasteiger charge is 2.16. The molecule has 112 valence electrons. The van der Waals surface area contributed by atoms with Gasteiger partial charge in [0.25, 0.3) is 0 Å². The first-order chi connectivity index (χ1) is 9.91. The van der Waals surface area contributed by atoms with E-state index in [1.54, 1.807) is 6.07 Å². The van der Waals surface area contributed by atoms with Gasteiger partial charge in [0.15, 0.2) is 0 Å². The summed E-state index contributed by atoms with van der Waals surface area (Å²) in [5.41, 5.74) is 3.52. The molecule has 2 heteroatoms. The van der Waals surface area contributed by atoms with Crippen molar-refractivity contribution < 1.29 is 4.39 Å². The van der Waals surface area contributed by atoms with Gasteiger partial charge < -0.3 is 0 Å². The first-order valence-corrected chi connectivity index (χ1v) is 8.44. The SMILES string of the molecule is CC(C)(C)c1ccc(CC(CBr)c2ccccc2F)cc1. The molecule has 0 aliphatic carbocycles. The van der Waals surface area contributed by atoms with E-state index >= 15 is 0 Å². The average molecular weight is 349 g/mol. The van der Waals surface area contributed by atoms with Crippen molar-refractivity contribution in [2.24, 2.45) is 0 Å². The van der Waals surface area contributed by atoms with Crippen LogP contribution in [0.3, 0.4) is 0 Å². The lowest BCUT2D eigenvalue weighted by molar-refractivity contribution is 0.587. The molecule has 0 amide bonds. The summed E-state index contributed by atoms with van der Waals surface area (Å²) in [6, 6.07) is 15.7. The van der Waals surface area contributed by atoms with Crippen LogP contribution in [-0.2, 0) is 11.8 Å². The van der Waals surface area contributed by atoms with Crippen LogP contribution >= 0.6 is 15.9 Å². The van der Waals surface area contributed by atoms with Crippen molar-refractivity contribution in [2.45, 2.75) is 38.5 Å². The van der Waals surface area contributed by atoms with Crippen LogP contribution < -0.4 is 0 Å². The van der Waals surface area contributed by atoms with Crippen molar-refractivity contribution in [3.8, 4) is 0 Å². The third kappa shape index (κ3) is 4.16. The molecule has 0 aliphatic rings. The van der Waals surface area contributed by atoms with Gasteiger partial charge >= 0.3 is 0 Å². The Balaban J connectivity index is 2.18. The summed E-state index contributed by atoms with van der Waals surface area (Å²) in [6.45, 7) is 6.63. The third-order valence-electron chi connectivity index (χ3n) is 3.83. The minimum atomic E-state index is -0.117. The van der Waals surface area contributed by atoms with Gasteiger partial charge in [-0.15, -0.1) is 0 Å². The van der Waals surface area contributed by atoms with E-state index in [1.165, 1.54) is 17.2 Å². The molecule has 0 heterocycles. The zero-order valence-corrected chi connectivity index (χ0v) is 14.5. The predicted octanol–water partition coefficient (Wildman–Crippen LogP) is 5.84. The first kappa shape index (κ1) is 16.2. The maximum absolute atomic E-state index is 13.9. The average Bonchev–Trinajstić information content (AvgIpc) is 2.45. The molecule has 0 aromatic heterocycles. The van der Waals surface area contributed by atoms with E-state index in [4.69, 9.17) is 0 Å². The molecule has 0 aliphatic heterocycles. The Morgan fingerprint density at radius 2 is 1.62 bits per heavy atom. The lowest BCUT2D eigenvalue weighted by Crippen LogP contribution is -2.11. The van der Waals surface area contributed by atoms with Crippen molar-refractivity contribution >= 4 is 15.9 Å². The van der Waals surface area contributed by atoms with Gasteiger partial charge in [-0.1, -0.05) is 79.2 Å². The molecule has 0 N–H and O–H groups in total. The van der Waals surface area contributed by atoms with E-state index < -0.39 is 0 Å². The van der Waals surface area contributed by atoms with E-state index in [1.807, 2.05) is 12.1 Å². The van der Waals surface area contributed by atoms with Crippen molar-refractivity contribution in [1.29, 1.82) is 0 Å². The number of benzene rings is 2. The molecule has 1 atom stereocenters. The van der Waals surface area contributed by atoms with Crippen LogP contribution in [0.4, 0.5) is 4.39 Å². The summed E-state index contributed by atoms with van der Waals surface area (Å²) >= 11 is 3.52. The van der Waals surface area contributed by atoms with Gasteiger partial charge in [-0.05, 0) is 34.6 Å². The fourth-order valence-corrected chi connectivity index (χ4v) is 3.06. The van der Waals surface area contributed by atoms with Gasteiger partial charge in [0, 0.05) is 11.2 Å². The number of hydrogen-bond acceptors (Lipinski definition) is 0. The summed E-state index contributed by atoms with van der Waals surface area (Å²) in [6.07, 6.45) is 0.844. The van der Waals surface area contributed by atoms with Gasteiger partial charge in [-0.2, -0.15) is 0 Å². The highest BCUT2D eigenvalue weighted by atomic mass is 79.9. The first-order valence-electron chi connectivity index (χ1n) is 7.31. The largest absolute Gasteiger partial charge is 0.207 e. The highest BCUT2D eigenvalue weighted by Crippen LogP contribution is 2.27. The number of hydrogen-bond donors (Lipinski definition) is 0. The summed E-state index contributed by atoms with van der Waals surface area (Å²) in [5.74, 6) is 0.0416. The van der Waals surface area contributed by atoms with E-state index in [-0.39, 0.29) is 17.2 Å². The monoisotopic (exact) mass is 348 g/mol. The van der Waals surface area contributed by atoms with E-state index in [2.05, 4.69) is 61.0 Å². The molecule has 2 rings (SSSR count). The third-order valence-corrected chi connectivity index (χ3v) is 4.61. The standard InChI is InChI=1S/C19H22BrF/c1-19(2,3)16-10-8-14(9-11-16)12-15(13-20)17-6-4-5-7-18(17)21/h4-11,15H,12-13H2,1-3H3. The molecule has 0 radical (unpaired) electrons. The lowest BCUT2D eigenvalue weighted by atomic mass is 9.85. The minimum Gasteiger partial charge on any atom is -0.207 e. The summed E-state index contributed by atoms with van der Waals surface area (Å²) in [7, 11) is 0. The van der Waals surface area contributed by atoms with Crippen LogP contribution in [0.5, 0.6) is 0 Å². The number of halogens is 2.